The highest BCUT2D eigenvalue weighted by Gasteiger charge is 2.42. The number of nitrogens with one attached hydrogen (secondary N) is 3. The minimum absolute atomic E-state index is 0.0335. The molecule has 3 rings (SSSR count). The van der Waals surface area contributed by atoms with Crippen molar-refractivity contribution in [3.8, 4) is 0 Å². The van der Waals surface area contributed by atoms with Gasteiger partial charge in [-0.2, -0.15) is 0 Å². The van der Waals surface area contributed by atoms with E-state index >= 15 is 0 Å². The van der Waals surface area contributed by atoms with E-state index in [1.165, 1.54) is 0 Å². The van der Waals surface area contributed by atoms with Crippen molar-refractivity contribution in [3.63, 3.8) is 0 Å². The molecule has 41 heavy (non-hydrogen) atoms. The van der Waals surface area contributed by atoms with Crippen LogP contribution in [0.1, 0.15) is 36.5 Å². The predicted octanol–water partition coefficient (Wildman–Crippen LogP) is 3.17. The Hall–Kier alpha value is -4.50. The number of carbonyl (C=O) groups is 3. The number of nitrogens with two attached hydrogens (primary N) is 1. The first-order valence-corrected chi connectivity index (χ1v) is 13.7. The monoisotopic (exact) mass is 557 g/mol. The number of amides is 2. The van der Waals surface area contributed by atoms with Crippen molar-refractivity contribution >= 4 is 23.6 Å². The van der Waals surface area contributed by atoms with Gasteiger partial charge in [0.2, 0.25) is 11.8 Å². The number of rotatable bonds is 14. The zero-order valence-corrected chi connectivity index (χ0v) is 23.4. The van der Waals surface area contributed by atoms with E-state index in [0.717, 1.165) is 16.7 Å². The molecule has 1 aliphatic heterocycles. The van der Waals surface area contributed by atoms with Crippen molar-refractivity contribution in [3.05, 3.63) is 108 Å². The largest absolute Gasteiger partial charge is 0.480 e. The number of hydrogen-bond acceptors (Lipinski definition) is 5. The third-order valence-corrected chi connectivity index (χ3v) is 7.12. The molecule has 9 nitrogen and oxygen atoms in total. The highest BCUT2D eigenvalue weighted by molar-refractivity contribution is 5.95. The number of likely N-dealkylation sites (tertiary alicyclic amines) is 1. The molecule has 9 heteroatoms. The number of aryl methyl sites for hydroxylation is 1. The molecule has 6 N–H and O–H groups in total. The molecule has 0 aliphatic carbocycles. The van der Waals surface area contributed by atoms with Gasteiger partial charge in [0.25, 0.3) is 0 Å². The van der Waals surface area contributed by atoms with Crippen molar-refractivity contribution in [2.45, 2.75) is 44.8 Å². The third-order valence-electron chi connectivity index (χ3n) is 7.12. The van der Waals surface area contributed by atoms with Gasteiger partial charge in [-0.3, -0.25) is 25.1 Å². The summed E-state index contributed by atoms with van der Waals surface area (Å²) in [5.41, 5.74) is 8.80. The Bertz CT molecular complexity index is 1290. The Morgan fingerprint density at radius 3 is 2.46 bits per heavy atom. The second-order valence-corrected chi connectivity index (χ2v) is 10.1. The molecule has 0 radical (unpaired) electrons. The molecule has 1 aliphatic rings. The molecule has 0 saturated carbocycles. The maximum atomic E-state index is 13.9. The van der Waals surface area contributed by atoms with Gasteiger partial charge >= 0.3 is 5.97 Å². The van der Waals surface area contributed by atoms with E-state index in [0.29, 0.717) is 31.4 Å². The minimum atomic E-state index is -1.06. The summed E-state index contributed by atoms with van der Waals surface area (Å²) < 4.78 is 0. The number of allylic oxidation sites excluding steroid dienone is 4. The quantitative estimate of drug-likeness (QED) is 0.137. The molecule has 1 heterocycles. The first-order chi connectivity index (χ1) is 19.7. The maximum absolute atomic E-state index is 13.9. The Labute approximate surface area is 241 Å². The molecular weight excluding hydrogens is 518 g/mol. The Morgan fingerprint density at radius 1 is 1.12 bits per heavy atom. The molecule has 1 saturated heterocycles. The summed E-state index contributed by atoms with van der Waals surface area (Å²) >= 11 is 0. The number of benzene rings is 2. The molecule has 1 fully saturated rings. The van der Waals surface area contributed by atoms with Crippen molar-refractivity contribution in [1.82, 2.24) is 15.5 Å². The average molecular weight is 558 g/mol. The fourth-order valence-electron chi connectivity index (χ4n) is 4.81. The van der Waals surface area contributed by atoms with Crippen molar-refractivity contribution in [2.75, 3.05) is 13.1 Å². The van der Waals surface area contributed by atoms with Gasteiger partial charge in [0.05, 0.1) is 12.6 Å². The summed E-state index contributed by atoms with van der Waals surface area (Å²) in [6.45, 7) is 6.28. The molecule has 0 aromatic heterocycles. The summed E-state index contributed by atoms with van der Waals surface area (Å²) in [5.74, 6) is -1.81. The number of hydrogen-bond donors (Lipinski definition) is 5. The van der Waals surface area contributed by atoms with Gasteiger partial charge in [0.1, 0.15) is 11.9 Å². The van der Waals surface area contributed by atoms with E-state index in [1.807, 2.05) is 61.6 Å². The molecule has 2 amide bonds. The fourth-order valence-corrected chi connectivity index (χ4v) is 4.81. The number of nitrogens with zero attached hydrogens (tertiary/aromatic N) is 1. The van der Waals surface area contributed by atoms with Crippen LogP contribution in [-0.4, -0.2) is 58.8 Å². The van der Waals surface area contributed by atoms with Crippen LogP contribution in [0.25, 0.3) is 0 Å². The van der Waals surface area contributed by atoms with Gasteiger partial charge in [-0.25, -0.2) is 0 Å². The van der Waals surface area contributed by atoms with Crippen LogP contribution in [0.2, 0.25) is 0 Å². The number of nitrogen functional groups attached to an aromatic ring is 1. The standard InChI is InChI=1S/C32H39N5O4/c1-3-4-6-9-22(2)26-18-28(31(40)36-19-24-12-15-25(16-13-24)30(33)34)37(21-26)32(41)27(35-20-29(38)39)17-14-23-10-7-5-8-11-23/h3-13,15-16,26-28,35H,2,14,17-21H2,1H3,(H3,33,34)(H,36,40)(H,38,39)/b4-3-,9-6-/t26-,27+,28-/m0/s1. The van der Waals surface area contributed by atoms with Crippen molar-refractivity contribution in [1.29, 1.82) is 5.41 Å². The summed E-state index contributed by atoms with van der Waals surface area (Å²) in [6, 6.07) is 15.2. The van der Waals surface area contributed by atoms with Gasteiger partial charge in [0, 0.05) is 24.6 Å². The number of amidine groups is 1. The van der Waals surface area contributed by atoms with Gasteiger partial charge < -0.3 is 21.1 Å². The molecule has 2 aromatic rings. The minimum Gasteiger partial charge on any atom is -0.480 e. The van der Waals surface area contributed by atoms with Gasteiger partial charge in [0.15, 0.2) is 0 Å². The first kappa shape index (κ1) is 31.0. The van der Waals surface area contributed by atoms with Crippen LogP contribution < -0.4 is 16.4 Å². The van der Waals surface area contributed by atoms with Crippen molar-refractivity contribution < 1.29 is 19.5 Å². The van der Waals surface area contributed by atoms with Crippen LogP contribution in [0, 0.1) is 11.3 Å². The van der Waals surface area contributed by atoms with Crippen LogP contribution in [-0.2, 0) is 27.3 Å². The molecule has 216 valence electrons. The van der Waals surface area contributed by atoms with Gasteiger partial charge in [-0.05, 0) is 37.3 Å². The van der Waals surface area contributed by atoms with E-state index in [2.05, 4.69) is 17.2 Å². The van der Waals surface area contributed by atoms with Crippen LogP contribution in [0.5, 0.6) is 0 Å². The predicted molar refractivity (Wildman–Crippen MR) is 160 cm³/mol. The van der Waals surface area contributed by atoms with Crippen LogP contribution in [0.15, 0.2) is 91.1 Å². The lowest BCUT2D eigenvalue weighted by Gasteiger charge is -2.29. The molecular formula is C32H39N5O4. The summed E-state index contributed by atoms with van der Waals surface area (Å²) in [5, 5.41) is 22.7. The maximum Gasteiger partial charge on any atom is 0.317 e. The highest BCUT2D eigenvalue weighted by Crippen LogP contribution is 2.30. The van der Waals surface area contributed by atoms with Crippen LogP contribution >= 0.6 is 0 Å². The topological polar surface area (TPSA) is 149 Å². The van der Waals surface area contributed by atoms with Crippen LogP contribution in [0.3, 0.4) is 0 Å². The summed E-state index contributed by atoms with van der Waals surface area (Å²) in [4.78, 5) is 40.3. The van der Waals surface area contributed by atoms with E-state index in [9.17, 15) is 19.5 Å². The second-order valence-electron chi connectivity index (χ2n) is 10.1. The lowest BCUT2D eigenvalue weighted by atomic mass is 9.96. The summed E-state index contributed by atoms with van der Waals surface area (Å²) in [7, 11) is 0. The Morgan fingerprint density at radius 2 is 1.83 bits per heavy atom. The second kappa shape index (κ2) is 15.3. The van der Waals surface area contributed by atoms with E-state index in [1.54, 1.807) is 29.2 Å². The SMILES string of the molecule is C=C(/C=C\C=C/C)[C@H]1C[C@@H](C(=O)NCc2ccc(C(=N)N)cc2)N(C(=O)[C@@H](CCc2ccccc2)NCC(=O)O)C1. The molecule has 2 aromatic carbocycles. The van der Waals surface area contributed by atoms with E-state index < -0.39 is 18.1 Å². The lowest BCUT2D eigenvalue weighted by molar-refractivity contribution is -0.141. The Balaban J connectivity index is 1.79. The van der Waals surface area contributed by atoms with E-state index in [-0.39, 0.29) is 36.7 Å². The molecule has 0 spiro atoms. The zero-order chi connectivity index (χ0) is 29.8. The molecule has 0 unspecified atom stereocenters. The number of carbonyl (C=O) groups excluding carboxylic acids is 2. The normalized spacial score (nSPS) is 17.5. The van der Waals surface area contributed by atoms with Crippen molar-refractivity contribution in [2.24, 2.45) is 11.7 Å². The van der Waals surface area contributed by atoms with Gasteiger partial charge in [-0.1, -0.05) is 91.1 Å². The first-order valence-electron chi connectivity index (χ1n) is 13.7. The van der Waals surface area contributed by atoms with E-state index in [4.69, 9.17) is 11.1 Å². The zero-order valence-electron chi connectivity index (χ0n) is 23.4. The third kappa shape index (κ3) is 9.29. The smallest absolute Gasteiger partial charge is 0.317 e. The average Bonchev–Trinajstić information content (AvgIpc) is 3.42. The van der Waals surface area contributed by atoms with Crippen LogP contribution in [0.4, 0.5) is 0 Å². The lowest BCUT2D eigenvalue weighted by Crippen LogP contribution is -2.53. The molecule has 3 atom stereocenters. The fraction of sp³-hybridized carbons (Fsp3) is 0.312. The van der Waals surface area contributed by atoms with Gasteiger partial charge in [-0.15, -0.1) is 0 Å². The number of carboxylic acid groups (broad SMARTS) is 1. The highest BCUT2D eigenvalue weighted by atomic mass is 16.4. The number of aliphatic carboxylic acids is 1. The molecule has 0 bridgehead atoms. The number of carboxylic acids is 1. The Kier molecular flexibility index (Phi) is 11.6. The summed E-state index contributed by atoms with van der Waals surface area (Å²) in [6.07, 6.45) is 8.93.